The Kier molecular flexibility index (Phi) is 4.98. The molecule has 1 amide bonds. The summed E-state index contributed by atoms with van der Waals surface area (Å²) in [5.41, 5.74) is 8.35. The zero-order valence-corrected chi connectivity index (χ0v) is 12.4. The standard InChI is InChI=1S/C15H24N4O/c1-12-4-5-13(10-14(12)16)17-15(20)11-19-7-3-6-18(2)8-9-19/h4-5,10H,3,6-9,11,16H2,1-2H3,(H,17,20). The van der Waals surface area contributed by atoms with Crippen LogP contribution in [0.15, 0.2) is 18.2 Å². The predicted octanol–water partition coefficient (Wildman–Crippen LogP) is 1.15. The molecule has 0 spiro atoms. The number of nitrogen functional groups attached to an aromatic ring is 1. The third-order valence-electron chi connectivity index (χ3n) is 3.74. The van der Waals surface area contributed by atoms with Crippen molar-refractivity contribution in [3.8, 4) is 0 Å². The first-order valence-electron chi connectivity index (χ1n) is 7.11. The van der Waals surface area contributed by atoms with Gasteiger partial charge in [-0.3, -0.25) is 9.69 Å². The molecule has 1 fully saturated rings. The molecule has 1 heterocycles. The first-order valence-corrected chi connectivity index (χ1v) is 7.11. The summed E-state index contributed by atoms with van der Waals surface area (Å²) in [6.45, 7) is 6.45. The van der Waals surface area contributed by atoms with Crippen molar-refractivity contribution in [1.82, 2.24) is 9.80 Å². The average molecular weight is 276 g/mol. The van der Waals surface area contributed by atoms with Gasteiger partial charge in [-0.1, -0.05) is 6.07 Å². The second kappa shape index (κ2) is 6.72. The van der Waals surface area contributed by atoms with Crippen molar-refractivity contribution in [2.75, 3.05) is 50.8 Å². The van der Waals surface area contributed by atoms with Gasteiger partial charge in [0.2, 0.25) is 5.91 Å². The van der Waals surface area contributed by atoms with E-state index in [0.29, 0.717) is 12.2 Å². The van der Waals surface area contributed by atoms with E-state index in [1.54, 1.807) is 0 Å². The van der Waals surface area contributed by atoms with Gasteiger partial charge in [-0.2, -0.15) is 0 Å². The van der Waals surface area contributed by atoms with Crippen LogP contribution in [0.5, 0.6) is 0 Å². The highest BCUT2D eigenvalue weighted by atomic mass is 16.2. The Hall–Kier alpha value is -1.59. The summed E-state index contributed by atoms with van der Waals surface area (Å²) in [5.74, 6) is 0.0257. The van der Waals surface area contributed by atoms with Crippen molar-refractivity contribution in [3.63, 3.8) is 0 Å². The summed E-state index contributed by atoms with van der Waals surface area (Å²) in [5, 5.41) is 2.91. The monoisotopic (exact) mass is 276 g/mol. The average Bonchev–Trinajstić information content (AvgIpc) is 2.59. The lowest BCUT2D eigenvalue weighted by Gasteiger charge is -2.19. The van der Waals surface area contributed by atoms with Gasteiger partial charge in [-0.05, 0) is 51.2 Å². The van der Waals surface area contributed by atoms with E-state index in [-0.39, 0.29) is 5.91 Å². The van der Waals surface area contributed by atoms with E-state index in [9.17, 15) is 4.79 Å². The Morgan fingerprint density at radius 1 is 1.30 bits per heavy atom. The number of amides is 1. The minimum absolute atomic E-state index is 0.0257. The quantitative estimate of drug-likeness (QED) is 0.813. The number of nitrogens with two attached hydrogens (primary N) is 1. The van der Waals surface area contributed by atoms with E-state index >= 15 is 0 Å². The van der Waals surface area contributed by atoms with E-state index in [1.807, 2.05) is 25.1 Å². The van der Waals surface area contributed by atoms with Crippen LogP contribution in [-0.2, 0) is 4.79 Å². The molecular weight excluding hydrogens is 252 g/mol. The Morgan fingerprint density at radius 2 is 2.10 bits per heavy atom. The number of likely N-dealkylation sites (N-methyl/N-ethyl adjacent to an activating group) is 1. The molecule has 1 aromatic rings. The van der Waals surface area contributed by atoms with Crippen molar-refractivity contribution in [2.45, 2.75) is 13.3 Å². The first-order chi connectivity index (χ1) is 9.54. The minimum Gasteiger partial charge on any atom is -0.398 e. The maximum Gasteiger partial charge on any atom is 0.238 e. The highest BCUT2D eigenvalue weighted by molar-refractivity contribution is 5.92. The van der Waals surface area contributed by atoms with E-state index < -0.39 is 0 Å². The summed E-state index contributed by atoms with van der Waals surface area (Å²) < 4.78 is 0. The van der Waals surface area contributed by atoms with Crippen molar-refractivity contribution < 1.29 is 4.79 Å². The van der Waals surface area contributed by atoms with Crippen LogP contribution in [0.3, 0.4) is 0 Å². The van der Waals surface area contributed by atoms with Crippen molar-refractivity contribution in [3.05, 3.63) is 23.8 Å². The number of rotatable bonds is 3. The molecule has 0 aliphatic carbocycles. The molecule has 5 heteroatoms. The predicted molar refractivity (Wildman–Crippen MR) is 82.8 cm³/mol. The van der Waals surface area contributed by atoms with Crippen LogP contribution < -0.4 is 11.1 Å². The zero-order valence-electron chi connectivity index (χ0n) is 12.4. The fraction of sp³-hybridized carbons (Fsp3) is 0.533. The SMILES string of the molecule is Cc1ccc(NC(=O)CN2CCCN(C)CC2)cc1N. The highest BCUT2D eigenvalue weighted by Gasteiger charge is 2.15. The molecule has 0 radical (unpaired) electrons. The van der Waals surface area contributed by atoms with Crippen LogP contribution in [0.2, 0.25) is 0 Å². The van der Waals surface area contributed by atoms with Crippen LogP contribution in [0, 0.1) is 6.92 Å². The summed E-state index contributed by atoms with van der Waals surface area (Å²) in [4.78, 5) is 16.6. The number of aryl methyl sites for hydroxylation is 1. The lowest BCUT2D eigenvalue weighted by molar-refractivity contribution is -0.117. The van der Waals surface area contributed by atoms with Crippen molar-refractivity contribution in [1.29, 1.82) is 0 Å². The third kappa shape index (κ3) is 4.21. The topological polar surface area (TPSA) is 61.6 Å². The molecule has 110 valence electrons. The van der Waals surface area contributed by atoms with Gasteiger partial charge in [0, 0.05) is 24.5 Å². The molecular formula is C15H24N4O. The number of carbonyl (C=O) groups excluding carboxylic acids is 1. The lowest BCUT2D eigenvalue weighted by Crippen LogP contribution is -2.35. The molecule has 0 saturated carbocycles. The van der Waals surface area contributed by atoms with Gasteiger partial charge in [0.1, 0.15) is 0 Å². The molecule has 3 N–H and O–H groups in total. The van der Waals surface area contributed by atoms with Crippen LogP contribution in [-0.4, -0.2) is 55.5 Å². The maximum atomic E-state index is 12.1. The van der Waals surface area contributed by atoms with Crippen LogP contribution in [0.4, 0.5) is 11.4 Å². The van der Waals surface area contributed by atoms with Gasteiger partial charge in [0.05, 0.1) is 6.54 Å². The second-order valence-electron chi connectivity index (χ2n) is 5.55. The number of nitrogens with one attached hydrogen (secondary N) is 1. The Labute approximate surface area is 120 Å². The molecule has 20 heavy (non-hydrogen) atoms. The van der Waals surface area contributed by atoms with E-state index in [2.05, 4.69) is 22.2 Å². The maximum absolute atomic E-state index is 12.1. The number of anilines is 2. The molecule has 1 aliphatic heterocycles. The molecule has 2 rings (SSSR count). The normalized spacial score (nSPS) is 17.7. The van der Waals surface area contributed by atoms with Gasteiger partial charge in [-0.25, -0.2) is 0 Å². The van der Waals surface area contributed by atoms with Crippen LogP contribution in [0.25, 0.3) is 0 Å². The summed E-state index contributed by atoms with van der Waals surface area (Å²) in [6.07, 6.45) is 1.11. The minimum atomic E-state index is 0.0257. The first kappa shape index (κ1) is 14.8. The third-order valence-corrected chi connectivity index (χ3v) is 3.74. The highest BCUT2D eigenvalue weighted by Crippen LogP contribution is 2.16. The van der Waals surface area contributed by atoms with E-state index in [0.717, 1.165) is 43.9 Å². The zero-order chi connectivity index (χ0) is 14.5. The largest absolute Gasteiger partial charge is 0.398 e. The Bertz CT molecular complexity index is 475. The lowest BCUT2D eigenvalue weighted by atomic mass is 10.2. The van der Waals surface area contributed by atoms with Gasteiger partial charge >= 0.3 is 0 Å². The fourth-order valence-electron chi connectivity index (χ4n) is 2.38. The van der Waals surface area contributed by atoms with Gasteiger partial charge in [-0.15, -0.1) is 0 Å². The number of carbonyl (C=O) groups is 1. The molecule has 1 aromatic carbocycles. The van der Waals surface area contributed by atoms with E-state index in [4.69, 9.17) is 5.73 Å². The Morgan fingerprint density at radius 3 is 2.85 bits per heavy atom. The summed E-state index contributed by atoms with van der Waals surface area (Å²) in [6, 6.07) is 5.62. The second-order valence-corrected chi connectivity index (χ2v) is 5.55. The summed E-state index contributed by atoms with van der Waals surface area (Å²) in [7, 11) is 2.12. The molecule has 0 unspecified atom stereocenters. The summed E-state index contributed by atoms with van der Waals surface area (Å²) >= 11 is 0. The van der Waals surface area contributed by atoms with Gasteiger partial charge in [0.15, 0.2) is 0 Å². The fourth-order valence-corrected chi connectivity index (χ4v) is 2.38. The molecule has 1 saturated heterocycles. The molecule has 0 atom stereocenters. The number of hydrogen-bond donors (Lipinski definition) is 2. The number of benzene rings is 1. The van der Waals surface area contributed by atoms with Crippen LogP contribution in [0.1, 0.15) is 12.0 Å². The van der Waals surface area contributed by atoms with Gasteiger partial charge < -0.3 is 16.0 Å². The number of hydrogen-bond acceptors (Lipinski definition) is 4. The molecule has 0 aromatic heterocycles. The Balaban J connectivity index is 1.87. The molecule has 0 bridgehead atoms. The van der Waals surface area contributed by atoms with Crippen LogP contribution >= 0.6 is 0 Å². The molecule has 5 nitrogen and oxygen atoms in total. The van der Waals surface area contributed by atoms with Gasteiger partial charge in [0.25, 0.3) is 0 Å². The number of nitrogens with zero attached hydrogens (tertiary/aromatic N) is 2. The molecule has 1 aliphatic rings. The van der Waals surface area contributed by atoms with E-state index in [1.165, 1.54) is 0 Å². The van der Waals surface area contributed by atoms with Crippen molar-refractivity contribution in [2.24, 2.45) is 0 Å². The smallest absolute Gasteiger partial charge is 0.238 e. The van der Waals surface area contributed by atoms with Crippen molar-refractivity contribution >= 4 is 17.3 Å².